The topological polar surface area (TPSA) is 98.5 Å². The number of esters is 1. The van der Waals surface area contributed by atoms with Crippen LogP contribution in [0, 0.1) is 6.92 Å². The fourth-order valence-electron chi connectivity index (χ4n) is 3.20. The standard InChI is InChI=1S/C23H18N2O5S/c1-14-18-20(31-19(14)23(29)30-12-16-5-3-2-4-6-16)24-13-25(21(18)26)11-15-7-9-17(10-8-15)22(27)28/h2-10,13H,11-12H2,1H3,(H,27,28). The van der Waals surface area contributed by atoms with Gasteiger partial charge in [-0.25, -0.2) is 14.6 Å². The number of nitrogens with zero attached hydrogens (tertiary/aromatic N) is 2. The molecule has 4 aromatic rings. The molecule has 0 unspecified atom stereocenters. The van der Waals surface area contributed by atoms with E-state index in [2.05, 4.69) is 4.98 Å². The number of aryl methyl sites for hydroxylation is 1. The van der Waals surface area contributed by atoms with E-state index in [1.54, 1.807) is 19.1 Å². The molecule has 0 aliphatic carbocycles. The van der Waals surface area contributed by atoms with E-state index in [1.165, 1.54) is 23.0 Å². The van der Waals surface area contributed by atoms with Crippen LogP contribution in [0.1, 0.15) is 36.7 Å². The minimum Gasteiger partial charge on any atom is -0.478 e. The highest BCUT2D eigenvalue weighted by Gasteiger charge is 2.20. The lowest BCUT2D eigenvalue weighted by atomic mass is 10.1. The van der Waals surface area contributed by atoms with Gasteiger partial charge in [-0.1, -0.05) is 42.5 Å². The first-order valence-corrected chi connectivity index (χ1v) is 10.3. The maximum absolute atomic E-state index is 13.0. The molecule has 0 aliphatic heterocycles. The van der Waals surface area contributed by atoms with E-state index >= 15 is 0 Å². The van der Waals surface area contributed by atoms with Crippen molar-refractivity contribution in [2.45, 2.75) is 20.1 Å². The van der Waals surface area contributed by atoms with Gasteiger partial charge >= 0.3 is 11.9 Å². The van der Waals surface area contributed by atoms with Crippen molar-refractivity contribution < 1.29 is 19.4 Å². The highest BCUT2D eigenvalue weighted by Crippen LogP contribution is 2.27. The monoisotopic (exact) mass is 434 g/mol. The minimum atomic E-state index is -1.01. The lowest BCUT2D eigenvalue weighted by Crippen LogP contribution is -2.21. The van der Waals surface area contributed by atoms with Crippen LogP contribution < -0.4 is 5.56 Å². The molecule has 2 aromatic carbocycles. The van der Waals surface area contributed by atoms with E-state index in [1.807, 2.05) is 30.3 Å². The van der Waals surface area contributed by atoms with Gasteiger partial charge in [-0.05, 0) is 35.7 Å². The number of ether oxygens (including phenoxy) is 1. The van der Waals surface area contributed by atoms with E-state index in [9.17, 15) is 14.4 Å². The van der Waals surface area contributed by atoms with Crippen molar-refractivity contribution in [3.63, 3.8) is 0 Å². The Balaban J connectivity index is 1.59. The minimum absolute atomic E-state index is 0.150. The third-order valence-corrected chi connectivity index (χ3v) is 6.05. The number of fused-ring (bicyclic) bond motifs is 1. The average molecular weight is 434 g/mol. The van der Waals surface area contributed by atoms with Crippen LogP contribution in [-0.4, -0.2) is 26.6 Å². The zero-order valence-corrected chi connectivity index (χ0v) is 17.4. The summed E-state index contributed by atoms with van der Waals surface area (Å²) in [4.78, 5) is 41.8. The van der Waals surface area contributed by atoms with Gasteiger partial charge < -0.3 is 9.84 Å². The zero-order chi connectivity index (χ0) is 22.0. The van der Waals surface area contributed by atoms with Crippen molar-refractivity contribution in [3.05, 3.63) is 98.4 Å². The molecule has 2 aromatic heterocycles. The number of aromatic nitrogens is 2. The van der Waals surface area contributed by atoms with Crippen LogP contribution in [-0.2, 0) is 17.9 Å². The second-order valence-electron chi connectivity index (χ2n) is 6.98. The number of aromatic carboxylic acids is 1. The Morgan fingerprint density at radius 3 is 2.45 bits per heavy atom. The quantitative estimate of drug-likeness (QED) is 0.463. The number of hydrogen-bond donors (Lipinski definition) is 1. The molecule has 0 spiro atoms. The number of benzene rings is 2. The van der Waals surface area contributed by atoms with Gasteiger partial charge in [0.15, 0.2) is 0 Å². The van der Waals surface area contributed by atoms with E-state index in [0.717, 1.165) is 22.5 Å². The van der Waals surface area contributed by atoms with Crippen molar-refractivity contribution >= 4 is 33.5 Å². The largest absolute Gasteiger partial charge is 0.478 e. The van der Waals surface area contributed by atoms with E-state index in [0.29, 0.717) is 20.7 Å². The summed E-state index contributed by atoms with van der Waals surface area (Å²) >= 11 is 1.14. The molecule has 7 nitrogen and oxygen atoms in total. The molecule has 0 saturated carbocycles. The fraction of sp³-hybridized carbons (Fsp3) is 0.130. The molecule has 0 fully saturated rings. The molecule has 156 valence electrons. The van der Waals surface area contributed by atoms with Gasteiger partial charge in [0.1, 0.15) is 16.3 Å². The molecule has 2 heterocycles. The Labute approximate surface area is 181 Å². The van der Waals surface area contributed by atoms with Crippen LogP contribution in [0.25, 0.3) is 10.2 Å². The first kappa shape index (κ1) is 20.5. The molecular weight excluding hydrogens is 416 g/mol. The predicted octanol–water partition coefficient (Wildman–Crippen LogP) is 3.87. The van der Waals surface area contributed by atoms with Crippen LogP contribution in [0.4, 0.5) is 0 Å². The third-order valence-electron chi connectivity index (χ3n) is 4.87. The second-order valence-corrected chi connectivity index (χ2v) is 7.98. The number of rotatable bonds is 6. The maximum Gasteiger partial charge on any atom is 0.349 e. The van der Waals surface area contributed by atoms with Gasteiger partial charge in [0.2, 0.25) is 0 Å². The molecule has 1 N–H and O–H groups in total. The maximum atomic E-state index is 13.0. The Kier molecular flexibility index (Phi) is 5.64. The van der Waals surface area contributed by atoms with Gasteiger partial charge in [0.05, 0.1) is 23.8 Å². The first-order chi connectivity index (χ1) is 14.9. The normalized spacial score (nSPS) is 10.9. The predicted molar refractivity (Wildman–Crippen MR) is 117 cm³/mol. The second kappa shape index (κ2) is 8.53. The Bertz CT molecular complexity index is 1320. The number of carbonyl (C=O) groups is 2. The molecule has 31 heavy (non-hydrogen) atoms. The summed E-state index contributed by atoms with van der Waals surface area (Å²) in [6.45, 7) is 2.11. The Morgan fingerprint density at radius 2 is 1.77 bits per heavy atom. The number of thiophene rings is 1. The summed E-state index contributed by atoms with van der Waals surface area (Å²) in [6.07, 6.45) is 1.44. The van der Waals surface area contributed by atoms with Crippen molar-refractivity contribution in [2.24, 2.45) is 0 Å². The van der Waals surface area contributed by atoms with Crippen molar-refractivity contribution in [3.8, 4) is 0 Å². The molecule has 0 aliphatic rings. The van der Waals surface area contributed by atoms with Crippen molar-refractivity contribution in [2.75, 3.05) is 0 Å². The Hall–Kier alpha value is -3.78. The van der Waals surface area contributed by atoms with E-state index in [-0.39, 0.29) is 24.3 Å². The van der Waals surface area contributed by atoms with Crippen LogP contribution >= 0.6 is 11.3 Å². The average Bonchev–Trinajstić information content (AvgIpc) is 3.12. The molecule has 0 amide bonds. The van der Waals surface area contributed by atoms with Crippen molar-refractivity contribution in [1.82, 2.24) is 9.55 Å². The van der Waals surface area contributed by atoms with Crippen LogP contribution in [0.15, 0.2) is 65.7 Å². The summed E-state index contributed by atoms with van der Waals surface area (Å²) in [5.74, 6) is -1.49. The number of carboxylic acids is 1. The summed E-state index contributed by atoms with van der Waals surface area (Å²) in [7, 11) is 0. The molecule has 4 rings (SSSR count). The van der Waals surface area contributed by atoms with Crippen LogP contribution in [0.5, 0.6) is 0 Å². The van der Waals surface area contributed by atoms with Gasteiger partial charge in [-0.3, -0.25) is 9.36 Å². The lowest BCUT2D eigenvalue weighted by molar-refractivity contribution is 0.0477. The van der Waals surface area contributed by atoms with Gasteiger partial charge in [-0.15, -0.1) is 11.3 Å². The molecule has 0 saturated heterocycles. The summed E-state index contributed by atoms with van der Waals surface area (Å²) < 4.78 is 6.85. The lowest BCUT2D eigenvalue weighted by Gasteiger charge is -2.06. The van der Waals surface area contributed by atoms with Gasteiger partial charge in [-0.2, -0.15) is 0 Å². The first-order valence-electron chi connectivity index (χ1n) is 9.46. The SMILES string of the molecule is Cc1c(C(=O)OCc2ccccc2)sc2ncn(Cc3ccc(C(=O)O)cc3)c(=O)c12. The molecule has 0 radical (unpaired) electrons. The van der Waals surface area contributed by atoms with Gasteiger partial charge in [0.25, 0.3) is 5.56 Å². The van der Waals surface area contributed by atoms with Gasteiger partial charge in [0, 0.05) is 0 Å². The van der Waals surface area contributed by atoms with E-state index in [4.69, 9.17) is 9.84 Å². The smallest absolute Gasteiger partial charge is 0.349 e. The van der Waals surface area contributed by atoms with Crippen molar-refractivity contribution in [1.29, 1.82) is 0 Å². The highest BCUT2D eigenvalue weighted by molar-refractivity contribution is 7.20. The summed E-state index contributed by atoms with van der Waals surface area (Å²) in [5, 5.41) is 9.40. The molecule has 0 bridgehead atoms. The molecule has 8 heteroatoms. The van der Waals surface area contributed by atoms with E-state index < -0.39 is 11.9 Å². The number of hydrogen-bond acceptors (Lipinski definition) is 6. The highest BCUT2D eigenvalue weighted by atomic mass is 32.1. The Morgan fingerprint density at radius 1 is 1.06 bits per heavy atom. The fourth-order valence-corrected chi connectivity index (χ4v) is 4.24. The zero-order valence-electron chi connectivity index (χ0n) is 16.6. The molecule has 0 atom stereocenters. The van der Waals surface area contributed by atoms with Crippen LogP contribution in [0.3, 0.4) is 0 Å². The summed E-state index contributed by atoms with van der Waals surface area (Å²) in [6, 6.07) is 15.7. The number of carboxylic acid groups (broad SMARTS) is 1. The summed E-state index contributed by atoms with van der Waals surface area (Å²) in [5.41, 5.74) is 2.11. The van der Waals surface area contributed by atoms with Crippen LogP contribution in [0.2, 0.25) is 0 Å². The number of carbonyl (C=O) groups excluding carboxylic acids is 1. The molecular formula is C23H18N2O5S. The third kappa shape index (κ3) is 4.24.